The van der Waals surface area contributed by atoms with Gasteiger partial charge in [-0.15, -0.1) is 0 Å². The number of hydrogen-bond donors (Lipinski definition) is 1. The van der Waals surface area contributed by atoms with Crippen LogP contribution in [0.1, 0.15) is 17.0 Å². The lowest BCUT2D eigenvalue weighted by atomic mass is 9.90. The average molecular weight is 449 g/mol. The normalized spacial score (nSPS) is 11.3. The molecule has 0 saturated heterocycles. The summed E-state index contributed by atoms with van der Waals surface area (Å²) >= 11 is 1.14. The maximum absolute atomic E-state index is 13.2. The molecule has 156 valence electrons. The monoisotopic (exact) mass is 448 g/mol. The summed E-state index contributed by atoms with van der Waals surface area (Å²) in [6.45, 7) is 0. The summed E-state index contributed by atoms with van der Waals surface area (Å²) in [5.41, 5.74) is 2.23. The third-order valence-electron chi connectivity index (χ3n) is 4.57. The third-order valence-corrected chi connectivity index (χ3v) is 6.63. The first-order valence-corrected chi connectivity index (χ1v) is 11.7. The standard InChI is InChI=1S/C23H19N3O3S2/c27-22(21(17-7-3-1-4-8-17)18-9-5-2-6-10-18)25-19-11-13-20(14-12-19)31(28,29)26-23-24-15-16-30-23/h1-16,21H,(H2,24,25,26,27)/p-1. The van der Waals surface area contributed by atoms with Gasteiger partial charge in [0.05, 0.1) is 10.8 Å². The Bertz CT molecular complexity index is 1200. The molecule has 8 heteroatoms. The zero-order valence-electron chi connectivity index (χ0n) is 16.3. The molecule has 1 aromatic heterocycles. The molecule has 0 saturated carbocycles. The van der Waals surface area contributed by atoms with Gasteiger partial charge in [0, 0.05) is 10.8 Å². The van der Waals surface area contributed by atoms with Crippen LogP contribution in [-0.2, 0) is 14.8 Å². The first kappa shape index (κ1) is 20.8. The van der Waals surface area contributed by atoms with E-state index in [-0.39, 0.29) is 15.9 Å². The molecule has 31 heavy (non-hydrogen) atoms. The van der Waals surface area contributed by atoms with E-state index in [1.807, 2.05) is 60.7 Å². The second kappa shape index (κ2) is 9.11. The topological polar surface area (TPSA) is 90.2 Å². The maximum Gasteiger partial charge on any atom is 0.236 e. The zero-order valence-corrected chi connectivity index (χ0v) is 17.9. The van der Waals surface area contributed by atoms with Crippen molar-refractivity contribution in [3.05, 3.63) is 112 Å². The first-order valence-electron chi connectivity index (χ1n) is 9.41. The quantitative estimate of drug-likeness (QED) is 0.415. The van der Waals surface area contributed by atoms with Crippen LogP contribution in [0.5, 0.6) is 0 Å². The fraction of sp³-hybridized carbons (Fsp3) is 0.0435. The summed E-state index contributed by atoms with van der Waals surface area (Å²) in [6, 6.07) is 25.0. The van der Waals surface area contributed by atoms with Gasteiger partial charge in [-0.05, 0) is 40.8 Å². The molecule has 6 nitrogen and oxygen atoms in total. The predicted molar refractivity (Wildman–Crippen MR) is 122 cm³/mol. The number of hydrogen-bond acceptors (Lipinski definition) is 5. The van der Waals surface area contributed by atoms with E-state index >= 15 is 0 Å². The van der Waals surface area contributed by atoms with Gasteiger partial charge in [0.2, 0.25) is 15.9 Å². The minimum atomic E-state index is -3.87. The van der Waals surface area contributed by atoms with Crippen LogP contribution in [0.4, 0.5) is 10.8 Å². The Balaban J connectivity index is 1.54. The van der Waals surface area contributed by atoms with Crippen LogP contribution >= 0.6 is 11.3 Å². The van der Waals surface area contributed by atoms with Crippen LogP contribution in [0.15, 0.2) is 101 Å². The highest BCUT2D eigenvalue weighted by Crippen LogP contribution is 2.30. The molecule has 1 N–H and O–H groups in total. The largest absolute Gasteiger partial charge is 0.433 e. The molecule has 0 aliphatic carbocycles. The Morgan fingerprint density at radius 1 is 0.871 bits per heavy atom. The lowest BCUT2D eigenvalue weighted by Crippen LogP contribution is -2.22. The van der Waals surface area contributed by atoms with Gasteiger partial charge in [-0.2, -0.15) is 11.3 Å². The minimum Gasteiger partial charge on any atom is -0.433 e. The van der Waals surface area contributed by atoms with Gasteiger partial charge in [0.1, 0.15) is 0 Å². The molecule has 4 aromatic rings. The van der Waals surface area contributed by atoms with E-state index in [1.54, 1.807) is 17.5 Å². The Kier molecular flexibility index (Phi) is 6.11. The highest BCUT2D eigenvalue weighted by Gasteiger charge is 2.22. The smallest absolute Gasteiger partial charge is 0.236 e. The van der Waals surface area contributed by atoms with Gasteiger partial charge in [-0.25, -0.2) is 8.42 Å². The molecule has 0 aliphatic rings. The number of carbonyl (C=O) groups is 1. The van der Waals surface area contributed by atoms with Crippen LogP contribution in [0.3, 0.4) is 0 Å². The van der Waals surface area contributed by atoms with E-state index < -0.39 is 15.9 Å². The van der Waals surface area contributed by atoms with Crippen molar-refractivity contribution in [2.45, 2.75) is 10.8 Å². The number of anilines is 1. The fourth-order valence-corrected chi connectivity index (χ4v) is 4.80. The average Bonchev–Trinajstić information content (AvgIpc) is 3.28. The van der Waals surface area contributed by atoms with Crippen LogP contribution < -0.4 is 5.32 Å². The number of amides is 1. The second-order valence-corrected chi connectivity index (χ2v) is 9.13. The van der Waals surface area contributed by atoms with Gasteiger partial charge in [0.15, 0.2) is 0 Å². The molecule has 0 atom stereocenters. The summed E-state index contributed by atoms with van der Waals surface area (Å²) in [4.78, 5) is 17.1. The number of carbonyl (C=O) groups excluding carboxylic acids is 1. The molecule has 0 spiro atoms. The molecule has 3 aromatic carbocycles. The highest BCUT2D eigenvalue weighted by atomic mass is 32.2. The Hall–Kier alpha value is -3.49. The molecule has 0 radical (unpaired) electrons. The van der Waals surface area contributed by atoms with Crippen LogP contribution in [0.25, 0.3) is 4.72 Å². The maximum atomic E-state index is 13.2. The third kappa shape index (κ3) is 4.99. The van der Waals surface area contributed by atoms with Gasteiger partial charge in [0.25, 0.3) is 0 Å². The van der Waals surface area contributed by atoms with Gasteiger partial charge in [-0.1, -0.05) is 66.9 Å². The highest BCUT2D eigenvalue weighted by molar-refractivity contribution is 7.94. The van der Waals surface area contributed by atoms with Crippen LogP contribution in [-0.4, -0.2) is 19.3 Å². The predicted octanol–water partition coefficient (Wildman–Crippen LogP) is 5.31. The molecule has 1 amide bonds. The molecule has 0 unspecified atom stereocenters. The molecule has 0 bridgehead atoms. The Morgan fingerprint density at radius 3 is 1.97 bits per heavy atom. The molecule has 1 heterocycles. The van der Waals surface area contributed by atoms with Crippen molar-refractivity contribution < 1.29 is 13.2 Å². The van der Waals surface area contributed by atoms with E-state index in [9.17, 15) is 13.2 Å². The van der Waals surface area contributed by atoms with Crippen molar-refractivity contribution in [3.8, 4) is 0 Å². The molecular formula is C23H18N3O3S2-. The number of rotatable bonds is 7. The number of nitrogens with one attached hydrogen (secondary N) is 1. The van der Waals surface area contributed by atoms with Crippen molar-refractivity contribution in [1.82, 2.24) is 4.98 Å². The molecule has 0 fully saturated rings. The van der Waals surface area contributed by atoms with Crippen molar-refractivity contribution in [3.63, 3.8) is 0 Å². The van der Waals surface area contributed by atoms with E-state index in [0.717, 1.165) is 22.5 Å². The number of nitrogens with zero attached hydrogens (tertiary/aromatic N) is 2. The molecular weight excluding hydrogens is 430 g/mol. The van der Waals surface area contributed by atoms with Gasteiger partial charge in [-0.3, -0.25) is 4.79 Å². The summed E-state index contributed by atoms with van der Waals surface area (Å²) in [6.07, 6.45) is 1.49. The van der Waals surface area contributed by atoms with Crippen molar-refractivity contribution in [2.24, 2.45) is 0 Å². The number of thiazole rings is 1. The summed E-state index contributed by atoms with van der Waals surface area (Å²) < 4.78 is 28.6. The van der Waals surface area contributed by atoms with E-state index in [4.69, 9.17) is 0 Å². The SMILES string of the molecule is O=C(Nc1ccc(S(=O)(=O)[N-]c2nccs2)cc1)C(c1ccccc1)c1ccccc1. The first-order chi connectivity index (χ1) is 15.0. The Labute approximate surface area is 184 Å². The van der Waals surface area contributed by atoms with Gasteiger partial charge < -0.3 is 15.0 Å². The lowest BCUT2D eigenvalue weighted by molar-refractivity contribution is -0.116. The van der Waals surface area contributed by atoms with E-state index in [0.29, 0.717) is 5.69 Å². The van der Waals surface area contributed by atoms with Crippen molar-refractivity contribution in [2.75, 3.05) is 5.32 Å². The summed E-state index contributed by atoms with van der Waals surface area (Å²) in [5.74, 6) is -0.703. The summed E-state index contributed by atoms with van der Waals surface area (Å²) in [7, 11) is -3.87. The lowest BCUT2D eigenvalue weighted by Gasteiger charge is -2.18. The van der Waals surface area contributed by atoms with Crippen LogP contribution in [0.2, 0.25) is 0 Å². The van der Waals surface area contributed by atoms with E-state index in [1.165, 1.54) is 18.3 Å². The van der Waals surface area contributed by atoms with Crippen LogP contribution in [0, 0.1) is 0 Å². The van der Waals surface area contributed by atoms with Crippen molar-refractivity contribution in [1.29, 1.82) is 0 Å². The van der Waals surface area contributed by atoms with Gasteiger partial charge >= 0.3 is 0 Å². The number of benzene rings is 3. The van der Waals surface area contributed by atoms with E-state index in [2.05, 4.69) is 15.0 Å². The molecule has 4 rings (SSSR count). The minimum absolute atomic E-state index is 0.0309. The summed E-state index contributed by atoms with van der Waals surface area (Å²) in [5, 5.41) is 4.72. The zero-order chi connectivity index (χ0) is 21.7. The number of aromatic nitrogens is 1. The Morgan fingerprint density at radius 2 is 1.45 bits per heavy atom. The second-order valence-electron chi connectivity index (χ2n) is 6.65. The molecule has 0 aliphatic heterocycles. The fourth-order valence-electron chi connectivity index (χ4n) is 3.13. The van der Waals surface area contributed by atoms with Crippen molar-refractivity contribution >= 4 is 38.1 Å². The number of sulfonamides is 1.